The van der Waals surface area contributed by atoms with Crippen LogP contribution in [-0.2, 0) is 15.7 Å². The lowest BCUT2D eigenvalue weighted by atomic mass is 9.76. The first-order valence-corrected chi connectivity index (χ1v) is 6.27. The molecule has 0 amide bonds. The lowest BCUT2D eigenvalue weighted by Crippen LogP contribution is -2.41. The molecule has 0 N–H and O–H groups in total. The third-order valence-corrected chi connectivity index (χ3v) is 3.90. The Morgan fingerprint density at radius 3 is 2.28 bits per heavy atom. The monoisotopic (exact) mass is 251 g/mol. The van der Waals surface area contributed by atoms with Gasteiger partial charge in [-0.2, -0.15) is 4.39 Å². The first-order valence-electron chi connectivity index (χ1n) is 6.27. The van der Waals surface area contributed by atoms with Crippen LogP contribution in [0.3, 0.4) is 0 Å². The summed E-state index contributed by atoms with van der Waals surface area (Å²) in [6.45, 7) is 9.83. The summed E-state index contributed by atoms with van der Waals surface area (Å²) in [7, 11) is -0.526. The highest BCUT2D eigenvalue weighted by Gasteiger charge is 2.52. The number of halogens is 1. The van der Waals surface area contributed by atoms with Crippen LogP contribution in [0.5, 0.6) is 0 Å². The Kier molecular flexibility index (Phi) is 3.24. The lowest BCUT2D eigenvalue weighted by Gasteiger charge is -2.32. The maximum Gasteiger partial charge on any atom is 0.495 e. The van der Waals surface area contributed by atoms with Gasteiger partial charge in [0.25, 0.3) is 0 Å². The van der Waals surface area contributed by atoms with Gasteiger partial charge >= 0.3 is 7.12 Å². The van der Waals surface area contributed by atoms with Crippen LogP contribution < -0.4 is 5.46 Å². The molecule has 1 aromatic rings. The Labute approximate surface area is 108 Å². The van der Waals surface area contributed by atoms with Crippen molar-refractivity contribution in [3.05, 3.63) is 23.8 Å². The lowest BCUT2D eigenvalue weighted by molar-refractivity contribution is 0.00578. The molecule has 2 rings (SSSR count). The predicted molar refractivity (Wildman–Crippen MR) is 69.3 cm³/mol. The van der Waals surface area contributed by atoms with Gasteiger partial charge < -0.3 is 9.31 Å². The van der Waals surface area contributed by atoms with Gasteiger partial charge in [-0.15, -0.1) is 0 Å². The molecule has 0 unspecified atom stereocenters. The summed E-state index contributed by atoms with van der Waals surface area (Å²) in [4.78, 5) is 3.68. The molecule has 1 fully saturated rings. The zero-order valence-corrected chi connectivity index (χ0v) is 11.6. The number of hydrogen-bond acceptors (Lipinski definition) is 3. The van der Waals surface area contributed by atoms with Crippen molar-refractivity contribution in [2.24, 2.45) is 0 Å². The van der Waals surface area contributed by atoms with Crippen LogP contribution in [0.2, 0.25) is 0 Å². The second-order valence-corrected chi connectivity index (χ2v) is 5.61. The number of hydrogen-bond donors (Lipinski definition) is 0. The van der Waals surface area contributed by atoms with E-state index in [2.05, 4.69) is 4.98 Å². The summed E-state index contributed by atoms with van der Waals surface area (Å²) < 4.78 is 25.5. The van der Waals surface area contributed by atoms with Gasteiger partial charge in [-0.25, -0.2) is 4.98 Å². The molecule has 1 aromatic heterocycles. The molecule has 0 saturated carbocycles. The molecular weight excluding hydrogens is 232 g/mol. The maximum atomic E-state index is 13.7. The van der Waals surface area contributed by atoms with Crippen molar-refractivity contribution in [3.63, 3.8) is 0 Å². The average Bonchev–Trinajstić information content (AvgIpc) is 2.47. The van der Waals surface area contributed by atoms with Crippen LogP contribution in [0.4, 0.5) is 4.39 Å². The van der Waals surface area contributed by atoms with Crippen LogP contribution >= 0.6 is 0 Å². The highest BCUT2D eigenvalue weighted by Crippen LogP contribution is 2.36. The summed E-state index contributed by atoms with van der Waals surface area (Å²) in [6.07, 6.45) is 2.02. The zero-order valence-electron chi connectivity index (χ0n) is 11.6. The minimum Gasteiger partial charge on any atom is -0.399 e. The Morgan fingerprint density at radius 2 is 1.78 bits per heavy atom. The zero-order chi connectivity index (χ0) is 13.6. The highest BCUT2D eigenvalue weighted by molar-refractivity contribution is 6.62. The summed E-state index contributed by atoms with van der Waals surface area (Å²) in [5.41, 5.74) is 0.477. The van der Waals surface area contributed by atoms with Gasteiger partial charge in [-0.3, -0.25) is 0 Å². The molecule has 3 nitrogen and oxygen atoms in total. The van der Waals surface area contributed by atoms with Crippen LogP contribution in [0.15, 0.2) is 12.3 Å². The van der Waals surface area contributed by atoms with Gasteiger partial charge in [0.1, 0.15) is 0 Å². The van der Waals surface area contributed by atoms with Crippen molar-refractivity contribution >= 4 is 12.6 Å². The number of nitrogens with zero attached hydrogens (tertiary/aromatic N) is 1. The Morgan fingerprint density at radius 1 is 1.22 bits per heavy atom. The van der Waals surface area contributed by atoms with Gasteiger partial charge in [0.15, 0.2) is 0 Å². The fraction of sp³-hybridized carbons (Fsp3) is 0.615. The van der Waals surface area contributed by atoms with Gasteiger partial charge in [0, 0.05) is 11.8 Å². The maximum absolute atomic E-state index is 13.7. The van der Waals surface area contributed by atoms with Crippen molar-refractivity contribution in [2.45, 2.75) is 52.2 Å². The summed E-state index contributed by atoms with van der Waals surface area (Å²) in [6, 6.07) is 1.77. The molecule has 2 heterocycles. The van der Waals surface area contributed by atoms with E-state index in [-0.39, 0.29) is 0 Å². The molecule has 18 heavy (non-hydrogen) atoms. The van der Waals surface area contributed by atoms with Crippen LogP contribution in [-0.4, -0.2) is 23.3 Å². The molecule has 0 atom stereocenters. The topological polar surface area (TPSA) is 31.4 Å². The van der Waals surface area contributed by atoms with Crippen molar-refractivity contribution < 1.29 is 13.7 Å². The molecule has 98 valence electrons. The largest absolute Gasteiger partial charge is 0.495 e. The highest BCUT2D eigenvalue weighted by atomic mass is 19.1. The second-order valence-electron chi connectivity index (χ2n) is 5.61. The smallest absolute Gasteiger partial charge is 0.399 e. The molecule has 1 saturated heterocycles. The summed E-state index contributed by atoms with van der Waals surface area (Å²) >= 11 is 0. The van der Waals surface area contributed by atoms with E-state index in [1.54, 1.807) is 6.07 Å². The number of pyridine rings is 1. The minimum absolute atomic E-state index is 0.414. The van der Waals surface area contributed by atoms with Crippen molar-refractivity contribution in [3.8, 4) is 0 Å². The second kappa shape index (κ2) is 4.32. The fourth-order valence-electron chi connectivity index (χ4n) is 2.02. The Bertz CT molecular complexity index is 446. The Hall–Kier alpha value is -0.935. The van der Waals surface area contributed by atoms with E-state index in [1.807, 2.05) is 34.6 Å². The molecule has 1 aliphatic heterocycles. The van der Waals surface area contributed by atoms with Crippen LogP contribution in [0, 0.1) is 5.95 Å². The van der Waals surface area contributed by atoms with Crippen molar-refractivity contribution in [1.29, 1.82) is 0 Å². The fourth-order valence-corrected chi connectivity index (χ4v) is 2.02. The molecule has 1 aliphatic rings. The van der Waals surface area contributed by atoms with Crippen molar-refractivity contribution in [2.75, 3.05) is 0 Å². The minimum atomic E-state index is -0.526. The Balaban J connectivity index is 2.38. The van der Waals surface area contributed by atoms with Gasteiger partial charge in [0.2, 0.25) is 5.95 Å². The normalized spacial score (nSPS) is 21.3. The van der Waals surface area contributed by atoms with Crippen LogP contribution in [0.25, 0.3) is 0 Å². The number of rotatable bonds is 2. The first-order chi connectivity index (χ1) is 8.28. The van der Waals surface area contributed by atoms with E-state index in [0.29, 0.717) is 12.0 Å². The SMILES string of the molecule is CCc1c(B2OC(C)(C)C(C)(C)O2)ccnc1F. The van der Waals surface area contributed by atoms with Gasteiger partial charge in [-0.05, 0) is 45.6 Å². The average molecular weight is 251 g/mol. The quantitative estimate of drug-likeness (QED) is 0.595. The van der Waals surface area contributed by atoms with E-state index >= 15 is 0 Å². The molecule has 0 bridgehead atoms. The third-order valence-electron chi connectivity index (χ3n) is 3.90. The number of aromatic nitrogens is 1. The van der Waals surface area contributed by atoms with E-state index in [1.165, 1.54) is 6.20 Å². The van der Waals surface area contributed by atoms with E-state index < -0.39 is 24.3 Å². The molecule has 0 aromatic carbocycles. The molecule has 0 radical (unpaired) electrons. The molecule has 0 spiro atoms. The summed E-state index contributed by atoms with van der Waals surface area (Å²) in [5, 5.41) is 0. The van der Waals surface area contributed by atoms with E-state index in [0.717, 1.165) is 5.46 Å². The molecule has 0 aliphatic carbocycles. The third kappa shape index (κ3) is 2.06. The van der Waals surface area contributed by atoms with Crippen LogP contribution in [0.1, 0.15) is 40.2 Å². The van der Waals surface area contributed by atoms with Gasteiger partial charge in [0.05, 0.1) is 11.2 Å². The van der Waals surface area contributed by atoms with E-state index in [9.17, 15) is 4.39 Å². The summed E-state index contributed by atoms with van der Waals surface area (Å²) in [5.74, 6) is -0.440. The van der Waals surface area contributed by atoms with E-state index in [4.69, 9.17) is 9.31 Å². The predicted octanol–water partition coefficient (Wildman–Crippen LogP) is 2.08. The molecule has 5 heteroatoms. The van der Waals surface area contributed by atoms with Gasteiger partial charge in [-0.1, -0.05) is 6.92 Å². The molecular formula is C13H19BFNO2. The van der Waals surface area contributed by atoms with Crippen molar-refractivity contribution in [1.82, 2.24) is 4.98 Å². The first kappa shape index (κ1) is 13.5. The standard InChI is InChI=1S/C13H19BFNO2/c1-6-9-10(7-8-16-11(9)15)14-17-12(2,3)13(4,5)18-14/h7-8H,6H2,1-5H3.